The number of nitrogens with zero attached hydrogens (tertiary/aromatic N) is 1. The quantitative estimate of drug-likeness (QED) is 0.674. The van der Waals surface area contributed by atoms with Gasteiger partial charge < -0.3 is 4.74 Å². The fraction of sp³-hybridized carbons (Fsp3) is 1.00. The monoisotopic (exact) mass is 197 g/mol. The van der Waals surface area contributed by atoms with Crippen molar-refractivity contribution in [2.24, 2.45) is 0 Å². The average molecular weight is 197 g/mol. The molecule has 2 fully saturated rings. The van der Waals surface area contributed by atoms with Crippen molar-refractivity contribution >= 4 is 0 Å². The zero-order chi connectivity index (χ0) is 9.80. The summed E-state index contributed by atoms with van der Waals surface area (Å²) < 4.78 is 5.55. The smallest absolute Gasteiger partial charge is 0.0622 e. The first-order valence-electron chi connectivity index (χ1n) is 6.25. The molecule has 2 aliphatic rings. The van der Waals surface area contributed by atoms with E-state index in [-0.39, 0.29) is 0 Å². The van der Waals surface area contributed by atoms with Gasteiger partial charge in [-0.3, -0.25) is 4.90 Å². The minimum absolute atomic E-state index is 0.701. The molecular weight excluding hydrogens is 174 g/mol. The van der Waals surface area contributed by atoms with Crippen LogP contribution < -0.4 is 0 Å². The Morgan fingerprint density at radius 1 is 1.21 bits per heavy atom. The van der Waals surface area contributed by atoms with Crippen LogP contribution in [-0.4, -0.2) is 36.7 Å². The highest BCUT2D eigenvalue weighted by atomic mass is 16.5. The van der Waals surface area contributed by atoms with Crippen LogP contribution in [0.1, 0.15) is 45.4 Å². The van der Waals surface area contributed by atoms with Gasteiger partial charge in [0.25, 0.3) is 0 Å². The third kappa shape index (κ3) is 2.29. The van der Waals surface area contributed by atoms with Gasteiger partial charge in [-0.1, -0.05) is 26.2 Å². The Labute approximate surface area is 87.6 Å². The van der Waals surface area contributed by atoms with Gasteiger partial charge in [0.15, 0.2) is 0 Å². The van der Waals surface area contributed by atoms with E-state index < -0.39 is 0 Å². The minimum atomic E-state index is 0.701. The fourth-order valence-corrected chi connectivity index (χ4v) is 2.91. The summed E-state index contributed by atoms with van der Waals surface area (Å²) in [5.41, 5.74) is 0. The lowest BCUT2D eigenvalue weighted by atomic mass is 9.92. The molecule has 1 aliphatic carbocycles. The Kier molecular flexibility index (Phi) is 3.82. The molecule has 2 nitrogen and oxygen atoms in total. The highest BCUT2D eigenvalue weighted by Gasteiger charge is 2.28. The van der Waals surface area contributed by atoms with Crippen LogP contribution in [-0.2, 0) is 4.74 Å². The zero-order valence-electron chi connectivity index (χ0n) is 9.37. The second kappa shape index (κ2) is 5.13. The lowest BCUT2D eigenvalue weighted by Gasteiger charge is -2.42. The number of ether oxygens (including phenoxy) is 1. The van der Waals surface area contributed by atoms with E-state index in [2.05, 4.69) is 11.8 Å². The Bertz CT molecular complexity index is 166. The molecule has 82 valence electrons. The lowest BCUT2D eigenvalue weighted by molar-refractivity contribution is -0.0369. The summed E-state index contributed by atoms with van der Waals surface area (Å²) in [6.45, 7) is 5.37. The van der Waals surface area contributed by atoms with Crippen LogP contribution in [0, 0.1) is 0 Å². The van der Waals surface area contributed by atoms with Crippen molar-refractivity contribution in [2.45, 2.75) is 57.5 Å². The van der Waals surface area contributed by atoms with E-state index in [0.717, 1.165) is 19.3 Å². The highest BCUT2D eigenvalue weighted by molar-refractivity contribution is 4.83. The second-order valence-corrected chi connectivity index (χ2v) is 4.67. The molecule has 1 heterocycles. The molecule has 0 amide bonds. The van der Waals surface area contributed by atoms with Crippen molar-refractivity contribution < 1.29 is 4.74 Å². The molecule has 14 heavy (non-hydrogen) atoms. The highest BCUT2D eigenvalue weighted by Crippen LogP contribution is 2.26. The van der Waals surface area contributed by atoms with Gasteiger partial charge in [-0.25, -0.2) is 0 Å². The summed E-state index contributed by atoms with van der Waals surface area (Å²) in [4.78, 5) is 2.72. The van der Waals surface area contributed by atoms with E-state index in [1.165, 1.54) is 45.1 Å². The van der Waals surface area contributed by atoms with Crippen LogP contribution in [0.3, 0.4) is 0 Å². The Hall–Kier alpha value is -0.0800. The van der Waals surface area contributed by atoms with E-state index in [0.29, 0.717) is 6.04 Å². The van der Waals surface area contributed by atoms with Crippen LogP contribution in [0.2, 0.25) is 0 Å². The average Bonchev–Trinajstić information content (AvgIpc) is 2.30. The van der Waals surface area contributed by atoms with Crippen LogP contribution in [0.25, 0.3) is 0 Å². The normalized spacial score (nSPS) is 31.9. The molecule has 1 atom stereocenters. The maximum Gasteiger partial charge on any atom is 0.0622 e. The van der Waals surface area contributed by atoms with Crippen LogP contribution >= 0.6 is 0 Å². The second-order valence-electron chi connectivity index (χ2n) is 4.67. The summed E-state index contributed by atoms with van der Waals surface area (Å²) >= 11 is 0. The molecule has 1 aliphatic heterocycles. The molecule has 0 aromatic carbocycles. The van der Waals surface area contributed by atoms with Gasteiger partial charge in [0.2, 0.25) is 0 Å². The van der Waals surface area contributed by atoms with Gasteiger partial charge in [-0.15, -0.1) is 0 Å². The Morgan fingerprint density at radius 2 is 2.00 bits per heavy atom. The predicted molar refractivity (Wildman–Crippen MR) is 58.5 cm³/mol. The van der Waals surface area contributed by atoms with Crippen molar-refractivity contribution in [3.8, 4) is 0 Å². The molecule has 1 unspecified atom stereocenters. The van der Waals surface area contributed by atoms with Gasteiger partial charge >= 0.3 is 0 Å². The van der Waals surface area contributed by atoms with Crippen molar-refractivity contribution in [3.05, 3.63) is 0 Å². The molecule has 0 radical (unpaired) electrons. The zero-order valence-corrected chi connectivity index (χ0v) is 9.37. The van der Waals surface area contributed by atoms with Crippen molar-refractivity contribution in [1.29, 1.82) is 0 Å². The molecule has 0 bridgehead atoms. The molecule has 1 saturated carbocycles. The molecule has 0 aromatic heterocycles. The first kappa shape index (κ1) is 10.4. The maximum absolute atomic E-state index is 5.55. The van der Waals surface area contributed by atoms with Crippen LogP contribution in [0.5, 0.6) is 0 Å². The Morgan fingerprint density at radius 3 is 2.71 bits per heavy atom. The third-order valence-corrected chi connectivity index (χ3v) is 3.79. The standard InChI is InChI=1S/C12H23NO/c1-2-11-10-14-9-8-13(11)12-6-4-3-5-7-12/h11-12H,2-10H2,1H3. The molecule has 2 heteroatoms. The minimum Gasteiger partial charge on any atom is -0.378 e. The summed E-state index contributed by atoms with van der Waals surface area (Å²) in [7, 11) is 0. The van der Waals surface area contributed by atoms with E-state index in [1.54, 1.807) is 0 Å². The molecule has 0 N–H and O–H groups in total. The summed E-state index contributed by atoms with van der Waals surface area (Å²) in [6, 6.07) is 1.57. The molecular formula is C12H23NO. The third-order valence-electron chi connectivity index (χ3n) is 3.79. The number of hydrogen-bond acceptors (Lipinski definition) is 2. The Balaban J connectivity index is 1.91. The number of hydrogen-bond donors (Lipinski definition) is 0. The molecule has 0 spiro atoms. The first-order valence-corrected chi connectivity index (χ1v) is 6.25. The van der Waals surface area contributed by atoms with Crippen molar-refractivity contribution in [2.75, 3.05) is 19.8 Å². The number of morpholine rings is 1. The molecule has 0 aromatic rings. The molecule has 2 rings (SSSR count). The summed E-state index contributed by atoms with van der Waals surface area (Å²) in [5.74, 6) is 0. The predicted octanol–water partition coefficient (Wildman–Crippen LogP) is 2.43. The van der Waals surface area contributed by atoms with E-state index >= 15 is 0 Å². The van der Waals surface area contributed by atoms with Crippen LogP contribution in [0.4, 0.5) is 0 Å². The van der Waals surface area contributed by atoms with Crippen molar-refractivity contribution in [1.82, 2.24) is 4.90 Å². The lowest BCUT2D eigenvalue weighted by Crippen LogP contribution is -2.50. The fourth-order valence-electron chi connectivity index (χ4n) is 2.91. The van der Waals surface area contributed by atoms with Gasteiger partial charge in [0.05, 0.1) is 13.2 Å². The number of rotatable bonds is 2. The van der Waals surface area contributed by atoms with E-state index in [9.17, 15) is 0 Å². The van der Waals surface area contributed by atoms with Crippen LogP contribution in [0.15, 0.2) is 0 Å². The summed E-state index contributed by atoms with van der Waals surface area (Å²) in [5, 5.41) is 0. The molecule has 1 saturated heterocycles. The van der Waals surface area contributed by atoms with Gasteiger partial charge in [0.1, 0.15) is 0 Å². The maximum atomic E-state index is 5.55. The van der Waals surface area contributed by atoms with E-state index in [1.807, 2.05) is 0 Å². The first-order chi connectivity index (χ1) is 6.92. The van der Waals surface area contributed by atoms with Gasteiger partial charge in [-0.2, -0.15) is 0 Å². The topological polar surface area (TPSA) is 12.5 Å². The van der Waals surface area contributed by atoms with Gasteiger partial charge in [-0.05, 0) is 19.3 Å². The van der Waals surface area contributed by atoms with Crippen molar-refractivity contribution in [3.63, 3.8) is 0 Å². The van der Waals surface area contributed by atoms with Gasteiger partial charge in [0, 0.05) is 18.6 Å². The van der Waals surface area contributed by atoms with E-state index in [4.69, 9.17) is 4.74 Å². The SMILES string of the molecule is CCC1COCCN1C1CCCCC1. The summed E-state index contributed by atoms with van der Waals surface area (Å²) in [6.07, 6.45) is 8.44. The largest absolute Gasteiger partial charge is 0.378 e.